The van der Waals surface area contributed by atoms with Crippen LogP contribution in [-0.2, 0) is 27.1 Å². The maximum absolute atomic E-state index is 13.4. The number of hydrogen-bond donors (Lipinski definition) is 1. The molecule has 0 fully saturated rings. The van der Waals surface area contributed by atoms with Crippen molar-refractivity contribution in [2.24, 2.45) is 0 Å². The summed E-state index contributed by atoms with van der Waals surface area (Å²) in [6.07, 6.45) is -6.74. The summed E-state index contributed by atoms with van der Waals surface area (Å²) in [6, 6.07) is 17.1. The number of carbonyl (C=O) groups excluding carboxylic acids is 1. The van der Waals surface area contributed by atoms with Crippen molar-refractivity contribution in [1.82, 2.24) is 0 Å². The minimum Gasteiger partial charge on any atom is -0.392 e. The zero-order valence-corrected chi connectivity index (χ0v) is 16.7. The van der Waals surface area contributed by atoms with E-state index >= 15 is 0 Å². The van der Waals surface area contributed by atoms with Crippen LogP contribution in [0.15, 0.2) is 83.8 Å². The van der Waals surface area contributed by atoms with E-state index in [2.05, 4.69) is 0 Å². The van der Waals surface area contributed by atoms with Gasteiger partial charge in [0.2, 0.25) is 0 Å². The Bertz CT molecular complexity index is 1180. The SMILES string of the molecule is O=C(c1ccccc1)C(OS(=O)(=O)c1ccccc1C(F)(F)F)c1ccccc1CO. The van der Waals surface area contributed by atoms with Gasteiger partial charge in [0.1, 0.15) is 4.90 Å². The van der Waals surface area contributed by atoms with E-state index in [-0.39, 0.29) is 16.7 Å². The second-order valence-corrected chi connectivity index (χ2v) is 8.05. The van der Waals surface area contributed by atoms with Crippen molar-refractivity contribution >= 4 is 15.9 Å². The summed E-state index contributed by atoms with van der Waals surface area (Å²) in [5, 5.41) is 9.62. The molecule has 9 heteroatoms. The number of ketones is 1. The van der Waals surface area contributed by atoms with Gasteiger partial charge < -0.3 is 5.11 Å². The van der Waals surface area contributed by atoms with E-state index in [0.29, 0.717) is 6.07 Å². The molecule has 3 rings (SSSR count). The summed E-state index contributed by atoms with van der Waals surface area (Å²) >= 11 is 0. The van der Waals surface area contributed by atoms with Crippen LogP contribution in [0, 0.1) is 0 Å². The summed E-state index contributed by atoms with van der Waals surface area (Å²) in [7, 11) is -5.02. The summed E-state index contributed by atoms with van der Waals surface area (Å²) in [4.78, 5) is 12.0. The zero-order valence-electron chi connectivity index (χ0n) is 15.9. The van der Waals surface area contributed by atoms with Crippen molar-refractivity contribution in [2.75, 3.05) is 0 Å². The van der Waals surface area contributed by atoms with Gasteiger partial charge in [-0.25, -0.2) is 4.18 Å². The second-order valence-electron chi connectivity index (χ2n) is 6.51. The van der Waals surface area contributed by atoms with E-state index in [9.17, 15) is 31.5 Å². The molecule has 0 spiro atoms. The normalized spacial score (nSPS) is 13.0. The molecular formula is C22H17F3O5S. The number of aliphatic hydroxyl groups is 1. The number of aliphatic hydroxyl groups excluding tert-OH is 1. The van der Waals surface area contributed by atoms with Gasteiger partial charge in [0.15, 0.2) is 11.9 Å². The molecule has 0 amide bonds. The monoisotopic (exact) mass is 450 g/mol. The highest BCUT2D eigenvalue weighted by Crippen LogP contribution is 2.37. The highest BCUT2D eigenvalue weighted by atomic mass is 32.2. The Morgan fingerprint density at radius 2 is 1.48 bits per heavy atom. The topological polar surface area (TPSA) is 80.7 Å². The van der Waals surface area contributed by atoms with E-state index < -0.39 is 45.2 Å². The molecule has 5 nitrogen and oxygen atoms in total. The molecule has 0 aliphatic carbocycles. The fraction of sp³-hybridized carbons (Fsp3) is 0.136. The van der Waals surface area contributed by atoms with Crippen LogP contribution in [-0.4, -0.2) is 19.3 Å². The van der Waals surface area contributed by atoms with Gasteiger partial charge in [0.25, 0.3) is 10.1 Å². The van der Waals surface area contributed by atoms with E-state index in [1.54, 1.807) is 24.3 Å². The summed E-state index contributed by atoms with van der Waals surface area (Å²) in [5.74, 6) is -0.783. The summed E-state index contributed by atoms with van der Waals surface area (Å²) in [6.45, 7) is -0.530. The van der Waals surface area contributed by atoms with Gasteiger partial charge in [-0.2, -0.15) is 21.6 Å². The number of rotatable bonds is 7. The van der Waals surface area contributed by atoms with Crippen molar-refractivity contribution in [1.29, 1.82) is 0 Å². The number of Topliss-reactive ketones (excluding diaryl/α,β-unsaturated/α-hetero) is 1. The average molecular weight is 450 g/mol. The number of hydrogen-bond acceptors (Lipinski definition) is 5. The third kappa shape index (κ3) is 5.01. The van der Waals surface area contributed by atoms with Crippen LogP contribution >= 0.6 is 0 Å². The lowest BCUT2D eigenvalue weighted by Crippen LogP contribution is -2.23. The fourth-order valence-electron chi connectivity index (χ4n) is 3.02. The van der Waals surface area contributed by atoms with Crippen LogP contribution < -0.4 is 0 Å². The highest BCUT2D eigenvalue weighted by Gasteiger charge is 2.39. The van der Waals surface area contributed by atoms with Crippen molar-refractivity contribution < 1.29 is 35.7 Å². The Morgan fingerprint density at radius 3 is 2.13 bits per heavy atom. The fourth-order valence-corrected chi connectivity index (χ4v) is 4.27. The molecule has 1 atom stereocenters. The van der Waals surface area contributed by atoms with Gasteiger partial charge in [-0.1, -0.05) is 66.7 Å². The van der Waals surface area contributed by atoms with Gasteiger partial charge >= 0.3 is 6.18 Å². The van der Waals surface area contributed by atoms with E-state index in [0.717, 1.165) is 18.2 Å². The lowest BCUT2D eigenvalue weighted by atomic mass is 9.96. The molecule has 3 aromatic carbocycles. The molecule has 0 saturated carbocycles. The van der Waals surface area contributed by atoms with Crippen LogP contribution in [0.1, 0.15) is 33.2 Å². The smallest absolute Gasteiger partial charge is 0.392 e. The largest absolute Gasteiger partial charge is 0.417 e. The van der Waals surface area contributed by atoms with Crippen LogP contribution in [0.5, 0.6) is 0 Å². The molecule has 3 aromatic rings. The third-order valence-electron chi connectivity index (χ3n) is 4.49. The third-order valence-corrected chi connectivity index (χ3v) is 5.83. The first kappa shape index (κ1) is 22.7. The van der Waals surface area contributed by atoms with Crippen molar-refractivity contribution in [3.63, 3.8) is 0 Å². The first-order valence-corrected chi connectivity index (χ1v) is 10.4. The molecular weight excluding hydrogens is 433 g/mol. The van der Waals surface area contributed by atoms with Gasteiger partial charge in [-0.15, -0.1) is 0 Å². The standard InChI is InChI=1S/C22H17F3O5S/c23-22(24,25)18-12-6-7-13-19(18)31(28,29)30-21(17-11-5-4-10-16(17)14-26)20(27)15-8-2-1-3-9-15/h1-13,21,26H,14H2. The first-order chi connectivity index (χ1) is 14.6. The Kier molecular flexibility index (Phi) is 6.59. The van der Waals surface area contributed by atoms with Crippen molar-refractivity contribution in [2.45, 2.75) is 23.8 Å². The molecule has 0 aliphatic rings. The van der Waals surface area contributed by atoms with Crippen molar-refractivity contribution in [3.8, 4) is 0 Å². The second kappa shape index (κ2) is 9.01. The minimum absolute atomic E-state index is 0.0342. The molecule has 0 aromatic heterocycles. The molecule has 0 radical (unpaired) electrons. The highest BCUT2D eigenvalue weighted by molar-refractivity contribution is 7.86. The number of benzene rings is 3. The number of halogens is 3. The van der Waals surface area contributed by atoms with Gasteiger partial charge in [-0.05, 0) is 23.3 Å². The first-order valence-electron chi connectivity index (χ1n) is 9.02. The number of carbonyl (C=O) groups is 1. The predicted molar refractivity (Wildman–Crippen MR) is 106 cm³/mol. The van der Waals surface area contributed by atoms with Gasteiger partial charge in [0, 0.05) is 5.56 Å². The Morgan fingerprint density at radius 1 is 0.903 bits per heavy atom. The Labute approximate surface area is 176 Å². The van der Waals surface area contributed by atoms with Crippen LogP contribution in [0.3, 0.4) is 0 Å². The van der Waals surface area contributed by atoms with E-state index in [4.69, 9.17) is 4.18 Å². The quantitative estimate of drug-likeness (QED) is 0.423. The Balaban J connectivity index is 2.13. The van der Waals surface area contributed by atoms with Crippen LogP contribution in [0.4, 0.5) is 13.2 Å². The lowest BCUT2D eigenvalue weighted by Gasteiger charge is -2.21. The molecule has 0 saturated heterocycles. The zero-order chi connectivity index (χ0) is 22.6. The number of alkyl halides is 3. The minimum atomic E-state index is -5.02. The molecule has 1 N–H and O–H groups in total. The predicted octanol–water partition coefficient (Wildman–Crippen LogP) is 4.53. The van der Waals surface area contributed by atoms with Crippen LogP contribution in [0.25, 0.3) is 0 Å². The molecule has 1 unspecified atom stereocenters. The summed E-state index contributed by atoms with van der Waals surface area (Å²) < 4.78 is 71.0. The molecule has 0 heterocycles. The van der Waals surface area contributed by atoms with Crippen molar-refractivity contribution in [3.05, 3.63) is 101 Å². The summed E-state index contributed by atoms with van der Waals surface area (Å²) in [5.41, 5.74) is -1.07. The van der Waals surface area contributed by atoms with Crippen LogP contribution in [0.2, 0.25) is 0 Å². The lowest BCUT2D eigenvalue weighted by molar-refractivity contribution is -0.140. The van der Waals surface area contributed by atoms with E-state index in [1.165, 1.54) is 30.3 Å². The van der Waals surface area contributed by atoms with E-state index in [1.807, 2.05) is 0 Å². The Hall–Kier alpha value is -3.01. The molecule has 0 aliphatic heterocycles. The maximum atomic E-state index is 13.4. The molecule has 0 bridgehead atoms. The van der Waals surface area contributed by atoms with Gasteiger partial charge in [-0.3, -0.25) is 4.79 Å². The molecule has 162 valence electrons. The average Bonchev–Trinajstić information content (AvgIpc) is 2.77. The maximum Gasteiger partial charge on any atom is 0.417 e. The molecule has 31 heavy (non-hydrogen) atoms. The van der Waals surface area contributed by atoms with Gasteiger partial charge in [0.05, 0.1) is 12.2 Å².